The summed E-state index contributed by atoms with van der Waals surface area (Å²) in [5.41, 5.74) is 2.54. The third kappa shape index (κ3) is 2.24. The molecule has 2 aromatic heterocycles. The van der Waals surface area contributed by atoms with Crippen molar-refractivity contribution in [2.45, 2.75) is 6.42 Å². The van der Waals surface area contributed by atoms with Gasteiger partial charge in [0.25, 0.3) is 0 Å². The average molecular weight is 286 g/mol. The molecule has 0 saturated carbocycles. The SMILES string of the molecule is N#Cc1c(Cc2ccc(Cl)cc2)nc2ccc(F)cn12. The highest BCUT2D eigenvalue weighted by molar-refractivity contribution is 6.30. The molecule has 0 atom stereocenters. The average Bonchev–Trinajstić information content (AvgIpc) is 2.78. The maximum absolute atomic E-state index is 13.3. The molecule has 0 spiro atoms. The Bertz CT molecular complexity index is 815. The van der Waals surface area contributed by atoms with Crippen molar-refractivity contribution < 1.29 is 4.39 Å². The molecule has 0 bridgehead atoms. The Hall–Kier alpha value is -2.38. The number of hydrogen-bond acceptors (Lipinski definition) is 2. The van der Waals surface area contributed by atoms with Crippen LogP contribution in [0.4, 0.5) is 4.39 Å². The van der Waals surface area contributed by atoms with Crippen molar-refractivity contribution >= 4 is 17.2 Å². The summed E-state index contributed by atoms with van der Waals surface area (Å²) in [5.74, 6) is -0.399. The first kappa shape index (κ1) is 12.6. The van der Waals surface area contributed by atoms with Crippen LogP contribution in [-0.4, -0.2) is 9.38 Å². The number of fused-ring (bicyclic) bond motifs is 1. The fraction of sp³-hybridized carbons (Fsp3) is 0.0667. The summed E-state index contributed by atoms with van der Waals surface area (Å²) >= 11 is 5.84. The highest BCUT2D eigenvalue weighted by Gasteiger charge is 2.12. The van der Waals surface area contributed by atoms with Gasteiger partial charge in [0.2, 0.25) is 0 Å². The summed E-state index contributed by atoms with van der Waals surface area (Å²) < 4.78 is 14.7. The molecule has 2 heterocycles. The van der Waals surface area contributed by atoms with E-state index in [9.17, 15) is 9.65 Å². The van der Waals surface area contributed by atoms with Crippen molar-refractivity contribution in [2.24, 2.45) is 0 Å². The molecular formula is C15H9ClFN3. The molecule has 3 rings (SSSR count). The number of pyridine rings is 1. The van der Waals surface area contributed by atoms with Crippen molar-refractivity contribution in [3.05, 3.63) is 70.4 Å². The number of halogens is 2. The van der Waals surface area contributed by atoms with Gasteiger partial charge in [0.05, 0.1) is 5.69 Å². The first-order valence-electron chi connectivity index (χ1n) is 5.98. The normalized spacial score (nSPS) is 10.7. The topological polar surface area (TPSA) is 41.1 Å². The number of imidazole rings is 1. The Kier molecular flexibility index (Phi) is 3.13. The van der Waals surface area contributed by atoms with E-state index in [1.807, 2.05) is 12.1 Å². The largest absolute Gasteiger partial charge is 0.288 e. The van der Waals surface area contributed by atoms with Gasteiger partial charge in [-0.05, 0) is 29.8 Å². The summed E-state index contributed by atoms with van der Waals surface area (Å²) in [6.07, 6.45) is 1.77. The van der Waals surface area contributed by atoms with Gasteiger partial charge in [0.15, 0.2) is 0 Å². The highest BCUT2D eigenvalue weighted by atomic mass is 35.5. The van der Waals surface area contributed by atoms with Crippen LogP contribution in [0.25, 0.3) is 5.65 Å². The molecule has 0 radical (unpaired) electrons. The third-order valence-electron chi connectivity index (χ3n) is 3.05. The lowest BCUT2D eigenvalue weighted by atomic mass is 10.1. The zero-order valence-electron chi connectivity index (χ0n) is 10.3. The van der Waals surface area contributed by atoms with Crippen LogP contribution in [-0.2, 0) is 6.42 Å². The lowest BCUT2D eigenvalue weighted by Crippen LogP contribution is -1.94. The molecular weight excluding hydrogens is 277 g/mol. The summed E-state index contributed by atoms with van der Waals surface area (Å²) in [5, 5.41) is 9.92. The van der Waals surface area contributed by atoms with Gasteiger partial charge in [-0.2, -0.15) is 5.26 Å². The minimum Gasteiger partial charge on any atom is -0.288 e. The van der Waals surface area contributed by atoms with Gasteiger partial charge in [-0.15, -0.1) is 0 Å². The van der Waals surface area contributed by atoms with Crippen LogP contribution in [0.5, 0.6) is 0 Å². The molecule has 0 unspecified atom stereocenters. The minimum absolute atomic E-state index is 0.356. The third-order valence-corrected chi connectivity index (χ3v) is 3.30. The fourth-order valence-electron chi connectivity index (χ4n) is 2.10. The van der Waals surface area contributed by atoms with Gasteiger partial charge in [-0.3, -0.25) is 4.40 Å². The smallest absolute Gasteiger partial charge is 0.148 e. The van der Waals surface area contributed by atoms with Gasteiger partial charge in [0.1, 0.15) is 23.2 Å². The van der Waals surface area contributed by atoms with Crippen LogP contribution < -0.4 is 0 Å². The lowest BCUT2D eigenvalue weighted by Gasteiger charge is -1.99. The first-order chi connectivity index (χ1) is 9.67. The molecule has 3 nitrogen and oxygen atoms in total. The van der Waals surface area contributed by atoms with Crippen molar-refractivity contribution in [2.75, 3.05) is 0 Å². The highest BCUT2D eigenvalue weighted by Crippen LogP contribution is 2.18. The monoisotopic (exact) mass is 285 g/mol. The predicted octanol–water partition coefficient (Wildman–Crippen LogP) is 3.59. The molecule has 5 heteroatoms. The Morgan fingerprint density at radius 3 is 2.65 bits per heavy atom. The van der Waals surface area contributed by atoms with Crippen molar-refractivity contribution in [3.63, 3.8) is 0 Å². The van der Waals surface area contributed by atoms with Gasteiger partial charge < -0.3 is 0 Å². The van der Waals surface area contributed by atoms with Crippen LogP contribution in [0.3, 0.4) is 0 Å². The lowest BCUT2D eigenvalue weighted by molar-refractivity contribution is 0.619. The van der Waals surface area contributed by atoms with Crippen molar-refractivity contribution in [3.8, 4) is 6.07 Å². The molecule has 3 aromatic rings. The second-order valence-electron chi connectivity index (χ2n) is 4.40. The number of benzene rings is 1. The minimum atomic E-state index is -0.399. The number of nitrogens with zero attached hydrogens (tertiary/aromatic N) is 3. The van der Waals surface area contributed by atoms with Gasteiger partial charge in [0, 0.05) is 17.6 Å². The fourth-order valence-corrected chi connectivity index (χ4v) is 2.23. The number of nitriles is 1. The van der Waals surface area contributed by atoms with E-state index in [1.54, 1.807) is 18.2 Å². The molecule has 0 N–H and O–H groups in total. The molecule has 0 amide bonds. The van der Waals surface area contributed by atoms with Crippen molar-refractivity contribution in [1.29, 1.82) is 5.26 Å². The second-order valence-corrected chi connectivity index (χ2v) is 4.83. The zero-order chi connectivity index (χ0) is 14.1. The van der Waals surface area contributed by atoms with E-state index in [2.05, 4.69) is 11.1 Å². The Balaban J connectivity index is 2.07. The van der Waals surface area contributed by atoms with E-state index < -0.39 is 5.82 Å². The summed E-state index contributed by atoms with van der Waals surface area (Å²) in [6, 6.07) is 12.3. The van der Waals surface area contributed by atoms with Crippen molar-refractivity contribution in [1.82, 2.24) is 9.38 Å². The number of aromatic nitrogens is 2. The van der Waals surface area contributed by atoms with Gasteiger partial charge in [-0.25, -0.2) is 9.37 Å². The summed E-state index contributed by atoms with van der Waals surface area (Å²) in [7, 11) is 0. The van der Waals surface area contributed by atoms with Crippen LogP contribution in [0, 0.1) is 17.1 Å². The molecule has 98 valence electrons. The van der Waals surface area contributed by atoms with Gasteiger partial charge in [-0.1, -0.05) is 23.7 Å². The van der Waals surface area contributed by atoms with E-state index >= 15 is 0 Å². The molecule has 1 aromatic carbocycles. The quantitative estimate of drug-likeness (QED) is 0.722. The Morgan fingerprint density at radius 2 is 1.95 bits per heavy atom. The Morgan fingerprint density at radius 1 is 1.20 bits per heavy atom. The first-order valence-corrected chi connectivity index (χ1v) is 6.36. The van der Waals surface area contributed by atoms with Crippen LogP contribution in [0.1, 0.15) is 17.0 Å². The maximum atomic E-state index is 13.3. The summed E-state index contributed by atoms with van der Waals surface area (Å²) in [4.78, 5) is 4.38. The van der Waals surface area contributed by atoms with E-state index in [-0.39, 0.29) is 0 Å². The molecule has 20 heavy (non-hydrogen) atoms. The molecule has 0 fully saturated rings. The van der Waals surface area contributed by atoms with Gasteiger partial charge >= 0.3 is 0 Å². The van der Waals surface area contributed by atoms with Crippen LogP contribution >= 0.6 is 11.6 Å². The van der Waals surface area contributed by atoms with E-state index in [1.165, 1.54) is 16.7 Å². The zero-order valence-corrected chi connectivity index (χ0v) is 11.1. The van der Waals surface area contributed by atoms with E-state index in [4.69, 9.17) is 11.6 Å². The predicted molar refractivity (Wildman–Crippen MR) is 74.1 cm³/mol. The molecule has 0 aliphatic carbocycles. The molecule has 0 aliphatic heterocycles. The second kappa shape index (κ2) is 4.95. The summed E-state index contributed by atoms with van der Waals surface area (Å²) in [6.45, 7) is 0. The van der Waals surface area contributed by atoms with E-state index in [0.29, 0.717) is 28.5 Å². The number of rotatable bonds is 2. The molecule has 0 aliphatic rings. The standard InChI is InChI=1S/C15H9ClFN3/c16-11-3-1-10(2-4-11)7-13-14(8-18)20-9-12(17)5-6-15(20)19-13/h1-6,9H,7H2. The maximum Gasteiger partial charge on any atom is 0.148 e. The van der Waals surface area contributed by atoms with E-state index in [0.717, 1.165) is 5.56 Å². The Labute approximate surface area is 119 Å². The van der Waals surface area contributed by atoms with Crippen LogP contribution in [0.2, 0.25) is 5.02 Å². The number of hydrogen-bond donors (Lipinski definition) is 0. The van der Waals surface area contributed by atoms with Crippen LogP contribution in [0.15, 0.2) is 42.6 Å². The molecule has 0 saturated heterocycles.